The van der Waals surface area contributed by atoms with Crippen molar-refractivity contribution in [3.8, 4) is 0 Å². The van der Waals surface area contributed by atoms with E-state index >= 15 is 0 Å². The summed E-state index contributed by atoms with van der Waals surface area (Å²) in [5, 5.41) is 11.4. The van der Waals surface area contributed by atoms with Crippen LogP contribution in [0.5, 0.6) is 0 Å². The van der Waals surface area contributed by atoms with Gasteiger partial charge in [-0.25, -0.2) is 4.79 Å². The van der Waals surface area contributed by atoms with Crippen LogP contribution in [-0.2, 0) is 4.79 Å². The van der Waals surface area contributed by atoms with Crippen LogP contribution >= 0.6 is 0 Å². The molecule has 0 radical (unpaired) electrons. The lowest BCUT2D eigenvalue weighted by Gasteiger charge is -2.39. The van der Waals surface area contributed by atoms with Gasteiger partial charge in [0.25, 0.3) is 0 Å². The molecule has 2 amide bonds. The Kier molecular flexibility index (Phi) is 5.20. The first kappa shape index (κ1) is 15.8. The van der Waals surface area contributed by atoms with E-state index in [0.717, 1.165) is 25.9 Å². The van der Waals surface area contributed by atoms with Crippen molar-refractivity contribution in [1.82, 2.24) is 10.2 Å². The number of urea groups is 1. The molecule has 1 aliphatic rings. The number of hydrogen-bond donors (Lipinski definition) is 2. The second-order valence-corrected chi connectivity index (χ2v) is 6.58. The Bertz CT molecular complexity index is 328. The molecule has 110 valence electrons. The molecule has 1 aliphatic heterocycles. The van der Waals surface area contributed by atoms with E-state index in [1.54, 1.807) is 11.8 Å². The minimum Gasteiger partial charge on any atom is -0.481 e. The van der Waals surface area contributed by atoms with Gasteiger partial charge in [0.05, 0.1) is 6.42 Å². The Labute approximate surface area is 115 Å². The van der Waals surface area contributed by atoms with E-state index in [1.165, 1.54) is 0 Å². The van der Waals surface area contributed by atoms with Crippen LogP contribution in [0.25, 0.3) is 0 Å². The molecule has 5 heteroatoms. The van der Waals surface area contributed by atoms with Crippen LogP contribution in [0, 0.1) is 11.3 Å². The van der Waals surface area contributed by atoms with E-state index in [4.69, 9.17) is 5.11 Å². The van der Waals surface area contributed by atoms with E-state index in [2.05, 4.69) is 26.1 Å². The van der Waals surface area contributed by atoms with Crippen molar-refractivity contribution in [3.05, 3.63) is 0 Å². The zero-order chi connectivity index (χ0) is 14.6. The highest BCUT2D eigenvalue weighted by molar-refractivity contribution is 5.75. The summed E-state index contributed by atoms with van der Waals surface area (Å²) < 4.78 is 0. The molecule has 0 aromatic carbocycles. The lowest BCUT2D eigenvalue weighted by Crippen LogP contribution is -2.48. The average molecular weight is 270 g/mol. The quantitative estimate of drug-likeness (QED) is 0.827. The lowest BCUT2D eigenvalue weighted by molar-refractivity contribution is -0.137. The molecule has 1 unspecified atom stereocenters. The summed E-state index contributed by atoms with van der Waals surface area (Å²) >= 11 is 0. The van der Waals surface area contributed by atoms with Crippen molar-refractivity contribution in [3.63, 3.8) is 0 Å². The number of amides is 2. The second-order valence-electron chi connectivity index (χ2n) is 6.58. The molecule has 1 atom stereocenters. The van der Waals surface area contributed by atoms with Crippen LogP contribution in [0.4, 0.5) is 4.79 Å². The molecule has 19 heavy (non-hydrogen) atoms. The molecule has 0 aromatic rings. The van der Waals surface area contributed by atoms with Crippen LogP contribution in [0.2, 0.25) is 0 Å². The highest BCUT2D eigenvalue weighted by Gasteiger charge is 2.30. The van der Waals surface area contributed by atoms with E-state index in [1.807, 2.05) is 0 Å². The van der Waals surface area contributed by atoms with Gasteiger partial charge < -0.3 is 15.3 Å². The summed E-state index contributed by atoms with van der Waals surface area (Å²) in [6.45, 7) is 9.95. The molecule has 0 saturated carbocycles. The monoisotopic (exact) mass is 270 g/mol. The predicted molar refractivity (Wildman–Crippen MR) is 74.0 cm³/mol. The fourth-order valence-corrected chi connectivity index (χ4v) is 2.56. The van der Waals surface area contributed by atoms with Gasteiger partial charge >= 0.3 is 12.0 Å². The van der Waals surface area contributed by atoms with Crippen molar-refractivity contribution >= 4 is 12.0 Å². The van der Waals surface area contributed by atoms with Gasteiger partial charge in [0, 0.05) is 19.1 Å². The Morgan fingerprint density at radius 2 is 1.84 bits per heavy atom. The molecule has 1 fully saturated rings. The first-order valence-corrected chi connectivity index (χ1v) is 6.97. The largest absolute Gasteiger partial charge is 0.481 e. The average Bonchev–Trinajstić information content (AvgIpc) is 2.26. The molecule has 1 saturated heterocycles. The minimum atomic E-state index is -0.890. The first-order chi connectivity index (χ1) is 8.70. The number of nitrogens with one attached hydrogen (secondary N) is 1. The Morgan fingerprint density at radius 3 is 2.26 bits per heavy atom. The van der Waals surface area contributed by atoms with Gasteiger partial charge in [-0.1, -0.05) is 20.8 Å². The Hall–Kier alpha value is -1.26. The number of piperidine rings is 1. The summed E-state index contributed by atoms with van der Waals surface area (Å²) in [4.78, 5) is 24.3. The maximum Gasteiger partial charge on any atom is 0.317 e. The highest BCUT2D eigenvalue weighted by atomic mass is 16.4. The standard InChI is InChI=1S/C14H26N2O3/c1-10(9-12(17)18)15-13(19)16-7-5-11(6-8-16)14(2,3)4/h10-11H,5-9H2,1-4H3,(H,15,19)(H,17,18). The fourth-order valence-electron chi connectivity index (χ4n) is 2.56. The van der Waals surface area contributed by atoms with Crippen molar-refractivity contribution in [2.75, 3.05) is 13.1 Å². The number of carbonyl (C=O) groups excluding carboxylic acids is 1. The van der Waals surface area contributed by atoms with Gasteiger partial charge in [0.15, 0.2) is 0 Å². The fraction of sp³-hybridized carbons (Fsp3) is 0.857. The summed E-state index contributed by atoms with van der Waals surface area (Å²) in [7, 11) is 0. The van der Waals surface area contributed by atoms with Crippen LogP contribution in [0.15, 0.2) is 0 Å². The van der Waals surface area contributed by atoms with Crippen molar-refractivity contribution in [1.29, 1.82) is 0 Å². The van der Waals surface area contributed by atoms with E-state index in [0.29, 0.717) is 11.3 Å². The Balaban J connectivity index is 2.39. The molecular formula is C14H26N2O3. The predicted octanol–water partition coefficient (Wildman–Crippen LogP) is 2.32. The maximum atomic E-state index is 12.0. The van der Waals surface area contributed by atoms with Crippen molar-refractivity contribution in [2.24, 2.45) is 11.3 Å². The second kappa shape index (κ2) is 6.26. The van der Waals surface area contributed by atoms with Gasteiger partial charge in [0.2, 0.25) is 0 Å². The highest BCUT2D eigenvalue weighted by Crippen LogP contribution is 2.34. The molecule has 5 nitrogen and oxygen atoms in total. The van der Waals surface area contributed by atoms with Crippen LogP contribution in [0.3, 0.4) is 0 Å². The number of carboxylic acid groups (broad SMARTS) is 1. The summed E-state index contributed by atoms with van der Waals surface area (Å²) in [6.07, 6.45) is 2.00. The smallest absolute Gasteiger partial charge is 0.317 e. The molecule has 0 aliphatic carbocycles. The molecule has 0 spiro atoms. The third kappa shape index (κ3) is 5.09. The molecule has 1 rings (SSSR count). The number of carbonyl (C=O) groups is 2. The SMILES string of the molecule is CC(CC(=O)O)NC(=O)N1CCC(C(C)(C)C)CC1. The van der Waals surface area contributed by atoms with Crippen LogP contribution in [0.1, 0.15) is 47.0 Å². The number of hydrogen-bond acceptors (Lipinski definition) is 2. The van der Waals surface area contributed by atoms with Crippen LogP contribution < -0.4 is 5.32 Å². The zero-order valence-electron chi connectivity index (χ0n) is 12.4. The number of carboxylic acids is 1. The summed E-state index contributed by atoms with van der Waals surface area (Å²) in [5.41, 5.74) is 0.291. The molecule has 1 heterocycles. The molecular weight excluding hydrogens is 244 g/mol. The lowest BCUT2D eigenvalue weighted by atomic mass is 9.75. The zero-order valence-corrected chi connectivity index (χ0v) is 12.4. The Morgan fingerprint density at radius 1 is 1.32 bits per heavy atom. The topological polar surface area (TPSA) is 69.6 Å². The van der Waals surface area contributed by atoms with Gasteiger partial charge in [-0.2, -0.15) is 0 Å². The van der Waals surface area contributed by atoms with Crippen molar-refractivity contribution < 1.29 is 14.7 Å². The molecule has 0 bridgehead atoms. The van der Waals surface area contributed by atoms with Gasteiger partial charge in [-0.15, -0.1) is 0 Å². The summed E-state index contributed by atoms with van der Waals surface area (Å²) in [5.74, 6) is -0.243. The van der Waals surface area contributed by atoms with Gasteiger partial charge in [-0.05, 0) is 31.1 Å². The number of likely N-dealkylation sites (tertiary alicyclic amines) is 1. The number of nitrogens with zero attached hydrogens (tertiary/aromatic N) is 1. The van der Waals surface area contributed by atoms with E-state index in [9.17, 15) is 9.59 Å². The van der Waals surface area contributed by atoms with Gasteiger partial charge in [-0.3, -0.25) is 4.79 Å². The number of aliphatic carboxylic acids is 1. The van der Waals surface area contributed by atoms with Crippen molar-refractivity contribution in [2.45, 2.75) is 53.0 Å². The molecule has 0 aromatic heterocycles. The van der Waals surface area contributed by atoms with Gasteiger partial charge in [0.1, 0.15) is 0 Å². The number of rotatable bonds is 3. The molecule has 2 N–H and O–H groups in total. The first-order valence-electron chi connectivity index (χ1n) is 6.97. The van der Waals surface area contributed by atoms with Crippen LogP contribution in [-0.4, -0.2) is 41.1 Å². The van der Waals surface area contributed by atoms with E-state index in [-0.39, 0.29) is 18.5 Å². The maximum absolute atomic E-state index is 12.0. The summed E-state index contributed by atoms with van der Waals surface area (Å²) in [6, 6.07) is -0.466. The third-order valence-electron chi connectivity index (χ3n) is 3.86. The normalized spacial score (nSPS) is 19.1. The third-order valence-corrected chi connectivity index (χ3v) is 3.86. The van der Waals surface area contributed by atoms with E-state index < -0.39 is 5.97 Å². The minimum absolute atomic E-state index is 0.0375.